The normalized spacial score (nSPS) is 9.50. The Labute approximate surface area is 59.4 Å². The quantitative estimate of drug-likeness (QED) is 0.575. The molecule has 0 aliphatic rings. The maximum absolute atomic E-state index is 12.6. The molecule has 0 unspecified atom stereocenters. The summed E-state index contributed by atoms with van der Waals surface area (Å²) in [5.41, 5.74) is 0.498. The number of hydrogen-bond donors (Lipinski definition) is 0. The Morgan fingerprint density at radius 2 is 2.20 bits per heavy atom. The Morgan fingerprint density at radius 3 is 2.70 bits per heavy atom. The van der Waals surface area contributed by atoms with E-state index in [0.717, 1.165) is 0 Å². The summed E-state index contributed by atoms with van der Waals surface area (Å²) in [7, 11) is 1.40. The summed E-state index contributed by atoms with van der Waals surface area (Å²) >= 11 is 0. The van der Waals surface area contributed by atoms with Crippen LogP contribution in [-0.2, 0) is 0 Å². The molecule has 0 bridgehead atoms. The molecule has 0 heterocycles. The maximum Gasteiger partial charge on any atom is 0.165 e. The topological polar surface area (TPSA) is 9.23 Å². The number of methoxy groups -OCH3 is 1. The average Bonchev–Trinajstić information content (AvgIpc) is 1.94. The summed E-state index contributed by atoms with van der Waals surface area (Å²) in [4.78, 5) is 0. The second-order valence-electron chi connectivity index (χ2n) is 1.89. The van der Waals surface area contributed by atoms with Gasteiger partial charge in [-0.2, -0.15) is 0 Å². The minimum absolute atomic E-state index is 0.181. The number of hydrogen-bond acceptors (Lipinski definition) is 1. The predicted molar refractivity (Wildman–Crippen MR) is 36.4 cm³/mol. The van der Waals surface area contributed by atoms with Crippen molar-refractivity contribution in [3.05, 3.63) is 36.5 Å². The number of ether oxygens (including phenoxy) is 1. The van der Waals surface area contributed by atoms with Crippen molar-refractivity contribution in [3.8, 4) is 5.75 Å². The van der Waals surface area contributed by atoms with Crippen LogP contribution in [0.5, 0.6) is 5.75 Å². The molecule has 0 amide bonds. The average molecular weight is 138 g/mol. The molecule has 0 N–H and O–H groups in total. The smallest absolute Gasteiger partial charge is 0.165 e. The SMILES string of the molecule is [CH]c1ccc(F)c(OC)c1. The molecule has 0 aliphatic carbocycles. The van der Waals surface area contributed by atoms with Gasteiger partial charge in [-0.05, 0) is 24.6 Å². The Bertz CT molecular complexity index is 233. The first-order chi connectivity index (χ1) is 4.74. The molecule has 2 radical (unpaired) electrons. The van der Waals surface area contributed by atoms with Crippen LogP contribution in [0.25, 0.3) is 0 Å². The molecule has 1 aromatic carbocycles. The first-order valence-electron chi connectivity index (χ1n) is 2.83. The second-order valence-corrected chi connectivity index (χ2v) is 1.89. The lowest BCUT2D eigenvalue weighted by molar-refractivity contribution is 0.386. The predicted octanol–water partition coefficient (Wildman–Crippen LogP) is 1.89. The van der Waals surface area contributed by atoms with E-state index in [1.54, 1.807) is 0 Å². The van der Waals surface area contributed by atoms with E-state index in [9.17, 15) is 4.39 Å². The zero-order valence-corrected chi connectivity index (χ0v) is 5.60. The molecule has 0 aliphatic heterocycles. The minimum Gasteiger partial charge on any atom is -0.494 e. The van der Waals surface area contributed by atoms with Crippen molar-refractivity contribution in [2.75, 3.05) is 7.11 Å². The third-order valence-corrected chi connectivity index (χ3v) is 1.18. The fourth-order valence-corrected chi connectivity index (χ4v) is 0.676. The summed E-state index contributed by atoms with van der Waals surface area (Å²) in [5.74, 6) is -0.211. The molecule has 0 aromatic heterocycles. The molecule has 0 saturated carbocycles. The van der Waals surface area contributed by atoms with E-state index in [4.69, 9.17) is 6.92 Å². The van der Waals surface area contributed by atoms with Gasteiger partial charge in [0.05, 0.1) is 7.11 Å². The highest BCUT2D eigenvalue weighted by Crippen LogP contribution is 2.16. The van der Waals surface area contributed by atoms with E-state index in [0.29, 0.717) is 5.56 Å². The Hall–Kier alpha value is -1.05. The molecule has 10 heavy (non-hydrogen) atoms. The van der Waals surface area contributed by atoms with Crippen molar-refractivity contribution >= 4 is 0 Å². The first-order valence-corrected chi connectivity index (χ1v) is 2.83. The van der Waals surface area contributed by atoms with Gasteiger partial charge in [0, 0.05) is 0 Å². The van der Waals surface area contributed by atoms with Crippen LogP contribution in [-0.4, -0.2) is 7.11 Å². The molecule has 0 fully saturated rings. The molecule has 0 spiro atoms. The van der Waals surface area contributed by atoms with Crippen molar-refractivity contribution in [2.24, 2.45) is 0 Å². The van der Waals surface area contributed by atoms with E-state index < -0.39 is 5.82 Å². The second kappa shape index (κ2) is 2.69. The molecule has 2 heteroatoms. The Balaban J connectivity index is 3.09. The van der Waals surface area contributed by atoms with Crippen LogP contribution in [0.3, 0.4) is 0 Å². The fourth-order valence-electron chi connectivity index (χ4n) is 0.676. The highest BCUT2D eigenvalue weighted by molar-refractivity contribution is 5.31. The molecule has 52 valence electrons. The van der Waals surface area contributed by atoms with Crippen molar-refractivity contribution in [2.45, 2.75) is 0 Å². The maximum atomic E-state index is 12.6. The van der Waals surface area contributed by atoms with Gasteiger partial charge in [-0.1, -0.05) is 6.07 Å². The van der Waals surface area contributed by atoms with Crippen molar-refractivity contribution < 1.29 is 9.13 Å². The van der Waals surface area contributed by atoms with Gasteiger partial charge in [-0.3, -0.25) is 0 Å². The van der Waals surface area contributed by atoms with Gasteiger partial charge in [-0.15, -0.1) is 0 Å². The third-order valence-electron chi connectivity index (χ3n) is 1.18. The van der Waals surface area contributed by atoms with Crippen molar-refractivity contribution in [1.29, 1.82) is 0 Å². The van der Waals surface area contributed by atoms with E-state index in [1.807, 2.05) is 0 Å². The highest BCUT2D eigenvalue weighted by atomic mass is 19.1. The lowest BCUT2D eigenvalue weighted by atomic mass is 10.2. The summed E-state index contributed by atoms with van der Waals surface area (Å²) in [6.45, 7) is 5.36. The summed E-state index contributed by atoms with van der Waals surface area (Å²) in [6.07, 6.45) is 0. The summed E-state index contributed by atoms with van der Waals surface area (Å²) in [6, 6.07) is 4.20. The lowest BCUT2D eigenvalue weighted by Crippen LogP contribution is -1.87. The fraction of sp³-hybridized carbons (Fsp3) is 0.125. The van der Waals surface area contributed by atoms with Gasteiger partial charge in [0.1, 0.15) is 0 Å². The van der Waals surface area contributed by atoms with E-state index in [2.05, 4.69) is 4.74 Å². The Morgan fingerprint density at radius 1 is 1.50 bits per heavy atom. The van der Waals surface area contributed by atoms with Crippen LogP contribution in [0.15, 0.2) is 18.2 Å². The molecule has 1 rings (SSSR count). The van der Waals surface area contributed by atoms with Crippen LogP contribution in [0.1, 0.15) is 5.56 Å². The molecule has 0 saturated heterocycles. The largest absolute Gasteiger partial charge is 0.494 e. The highest BCUT2D eigenvalue weighted by Gasteiger charge is 1.99. The van der Waals surface area contributed by atoms with Gasteiger partial charge >= 0.3 is 0 Å². The van der Waals surface area contributed by atoms with Crippen LogP contribution < -0.4 is 4.74 Å². The Kier molecular flexibility index (Phi) is 1.90. The van der Waals surface area contributed by atoms with Crippen molar-refractivity contribution in [3.63, 3.8) is 0 Å². The van der Waals surface area contributed by atoms with Gasteiger partial charge in [0.25, 0.3) is 0 Å². The monoisotopic (exact) mass is 138 g/mol. The molecule has 1 nitrogen and oxygen atoms in total. The van der Waals surface area contributed by atoms with E-state index in [-0.39, 0.29) is 5.75 Å². The van der Waals surface area contributed by atoms with Crippen LogP contribution in [0.4, 0.5) is 4.39 Å². The van der Waals surface area contributed by atoms with Crippen LogP contribution in [0, 0.1) is 12.7 Å². The van der Waals surface area contributed by atoms with E-state index in [1.165, 1.54) is 25.3 Å². The van der Waals surface area contributed by atoms with E-state index >= 15 is 0 Å². The van der Waals surface area contributed by atoms with Gasteiger partial charge in [0.15, 0.2) is 11.6 Å². The zero-order chi connectivity index (χ0) is 7.56. The standard InChI is InChI=1S/C8H7FO/c1-6-3-4-7(9)8(5-6)10-2/h1,3-5H,2H3. The zero-order valence-electron chi connectivity index (χ0n) is 5.60. The molecular formula is C8H7FO. The molecular weight excluding hydrogens is 131 g/mol. The number of rotatable bonds is 1. The van der Waals surface area contributed by atoms with Gasteiger partial charge in [-0.25, -0.2) is 4.39 Å². The summed E-state index contributed by atoms with van der Waals surface area (Å²) in [5, 5.41) is 0. The van der Waals surface area contributed by atoms with Crippen LogP contribution in [0.2, 0.25) is 0 Å². The molecule has 0 atom stereocenters. The third kappa shape index (κ3) is 1.26. The molecule has 1 aromatic rings. The lowest BCUT2D eigenvalue weighted by Gasteiger charge is -2.00. The number of benzene rings is 1. The van der Waals surface area contributed by atoms with Gasteiger partial charge < -0.3 is 4.74 Å². The first kappa shape index (κ1) is 7.06. The minimum atomic E-state index is -0.392. The summed E-state index contributed by atoms with van der Waals surface area (Å²) < 4.78 is 17.3. The van der Waals surface area contributed by atoms with Crippen LogP contribution >= 0.6 is 0 Å². The number of halogens is 1. The van der Waals surface area contributed by atoms with Crippen molar-refractivity contribution in [1.82, 2.24) is 0 Å². The van der Waals surface area contributed by atoms with Gasteiger partial charge in [0.2, 0.25) is 0 Å².